The minimum absolute atomic E-state index is 0.287. The van der Waals surface area contributed by atoms with E-state index in [1.165, 1.54) is 6.07 Å². The molecule has 0 unspecified atom stereocenters. The molecule has 0 aliphatic carbocycles. The van der Waals surface area contributed by atoms with Crippen molar-refractivity contribution < 1.29 is 19.6 Å². The summed E-state index contributed by atoms with van der Waals surface area (Å²) in [6, 6.07) is 3.46. The molecule has 0 amide bonds. The van der Waals surface area contributed by atoms with Gasteiger partial charge in [-0.3, -0.25) is 10.1 Å². The summed E-state index contributed by atoms with van der Waals surface area (Å²) in [4.78, 5) is 20.8. The average Bonchev–Trinajstić information content (AvgIpc) is 2.27. The number of aromatic hydroxyl groups is 1. The van der Waals surface area contributed by atoms with Gasteiger partial charge in [0.15, 0.2) is 11.3 Å². The Morgan fingerprint density at radius 1 is 1.62 bits per heavy atom. The smallest absolute Gasteiger partial charge is 0.341 e. The van der Waals surface area contributed by atoms with Crippen LogP contribution >= 0.6 is 0 Å². The van der Waals surface area contributed by atoms with Crippen LogP contribution < -0.4 is 0 Å². The number of benzene rings is 1. The van der Waals surface area contributed by atoms with E-state index in [1.807, 2.05) is 0 Å². The highest BCUT2D eigenvalue weighted by Gasteiger charge is 2.23. The molecule has 0 aromatic heterocycles. The zero-order valence-corrected chi connectivity index (χ0v) is 8.13. The van der Waals surface area contributed by atoms with Crippen LogP contribution in [0.5, 0.6) is 5.75 Å². The molecule has 0 atom stereocenters. The zero-order chi connectivity index (χ0) is 12.3. The van der Waals surface area contributed by atoms with Gasteiger partial charge < -0.3 is 9.84 Å². The van der Waals surface area contributed by atoms with Crippen molar-refractivity contribution in [2.45, 2.75) is 0 Å². The fourth-order valence-electron chi connectivity index (χ4n) is 1.12. The molecule has 0 bridgehead atoms. The molecule has 0 radical (unpaired) electrons. The summed E-state index contributed by atoms with van der Waals surface area (Å²) < 4.78 is 4.34. The Balaban J connectivity index is 3.48. The van der Waals surface area contributed by atoms with Gasteiger partial charge in [-0.25, -0.2) is 4.79 Å². The van der Waals surface area contributed by atoms with Gasteiger partial charge in [0.1, 0.15) is 11.6 Å². The lowest BCUT2D eigenvalue weighted by Gasteiger charge is -2.03. The summed E-state index contributed by atoms with van der Waals surface area (Å²) >= 11 is 0. The molecule has 0 aliphatic rings. The number of rotatable bonds is 2. The Morgan fingerprint density at radius 3 is 2.69 bits per heavy atom. The molecular formula is C9H6N2O5. The van der Waals surface area contributed by atoms with Crippen molar-refractivity contribution in [2.75, 3.05) is 7.11 Å². The van der Waals surface area contributed by atoms with Crippen molar-refractivity contribution in [1.29, 1.82) is 5.26 Å². The number of hydrogen-bond donors (Lipinski definition) is 1. The number of nitro groups is 1. The number of phenolic OH excluding ortho intramolecular Hbond substituents is 1. The molecule has 7 nitrogen and oxygen atoms in total. The first-order chi connectivity index (χ1) is 7.52. The third kappa shape index (κ3) is 1.76. The maximum Gasteiger partial charge on any atom is 0.341 e. The number of methoxy groups -OCH3 is 1. The number of esters is 1. The highest BCUT2D eigenvalue weighted by molar-refractivity contribution is 5.94. The lowest BCUT2D eigenvalue weighted by molar-refractivity contribution is -0.385. The molecule has 0 spiro atoms. The van der Waals surface area contributed by atoms with Crippen molar-refractivity contribution in [2.24, 2.45) is 0 Å². The quantitative estimate of drug-likeness (QED) is 0.452. The summed E-state index contributed by atoms with van der Waals surface area (Å²) in [6.07, 6.45) is 0. The van der Waals surface area contributed by atoms with Crippen LogP contribution in [0.3, 0.4) is 0 Å². The Labute approximate surface area is 89.6 Å². The van der Waals surface area contributed by atoms with Crippen LogP contribution in [-0.4, -0.2) is 23.1 Å². The molecule has 0 heterocycles. The summed E-state index contributed by atoms with van der Waals surface area (Å²) in [5, 5.41) is 28.7. The summed E-state index contributed by atoms with van der Waals surface area (Å²) in [7, 11) is 1.09. The average molecular weight is 222 g/mol. The summed E-state index contributed by atoms with van der Waals surface area (Å²) in [5.74, 6) is -1.62. The number of nitro benzene ring substituents is 1. The standard InChI is InChI=1S/C9H6N2O5/c1-16-9(13)5-2-3-7(11(14)15)6(4-10)8(5)12/h2-3,12H,1H3. The van der Waals surface area contributed by atoms with Crippen LogP contribution in [0.25, 0.3) is 0 Å². The molecule has 16 heavy (non-hydrogen) atoms. The second-order valence-electron chi connectivity index (χ2n) is 2.72. The molecule has 0 saturated carbocycles. The van der Waals surface area contributed by atoms with Gasteiger partial charge in [-0.05, 0) is 6.07 Å². The van der Waals surface area contributed by atoms with E-state index in [0.29, 0.717) is 0 Å². The van der Waals surface area contributed by atoms with Crippen LogP contribution in [0.2, 0.25) is 0 Å². The van der Waals surface area contributed by atoms with E-state index in [9.17, 15) is 20.0 Å². The molecule has 7 heteroatoms. The van der Waals surface area contributed by atoms with Crippen molar-refractivity contribution in [3.05, 3.63) is 33.4 Å². The maximum atomic E-state index is 11.1. The number of nitrogens with zero attached hydrogens (tertiary/aromatic N) is 2. The first-order valence-electron chi connectivity index (χ1n) is 4.01. The first-order valence-corrected chi connectivity index (χ1v) is 4.01. The fourth-order valence-corrected chi connectivity index (χ4v) is 1.12. The SMILES string of the molecule is COC(=O)c1ccc([N+](=O)[O-])c(C#N)c1O. The van der Waals surface area contributed by atoms with Crippen LogP contribution in [-0.2, 0) is 4.74 Å². The summed E-state index contributed by atoms with van der Waals surface area (Å²) in [6.45, 7) is 0. The molecule has 0 fully saturated rings. The zero-order valence-electron chi connectivity index (χ0n) is 8.13. The van der Waals surface area contributed by atoms with E-state index in [-0.39, 0.29) is 5.56 Å². The highest BCUT2D eigenvalue weighted by Crippen LogP contribution is 2.30. The van der Waals surface area contributed by atoms with Gasteiger partial charge in [0, 0.05) is 6.07 Å². The lowest BCUT2D eigenvalue weighted by atomic mass is 10.1. The van der Waals surface area contributed by atoms with Crippen molar-refractivity contribution in [3.8, 4) is 11.8 Å². The van der Waals surface area contributed by atoms with Crippen LogP contribution in [0.1, 0.15) is 15.9 Å². The van der Waals surface area contributed by atoms with E-state index < -0.39 is 27.9 Å². The number of phenols is 1. The Morgan fingerprint density at radius 2 is 2.25 bits per heavy atom. The molecule has 0 aliphatic heterocycles. The number of hydrogen-bond acceptors (Lipinski definition) is 6. The molecular weight excluding hydrogens is 216 g/mol. The van der Waals surface area contributed by atoms with Crippen LogP contribution in [0, 0.1) is 21.4 Å². The lowest BCUT2D eigenvalue weighted by Crippen LogP contribution is -2.04. The topological polar surface area (TPSA) is 113 Å². The van der Waals surface area contributed by atoms with E-state index in [1.54, 1.807) is 0 Å². The minimum atomic E-state index is -0.871. The number of carbonyl (C=O) groups is 1. The largest absolute Gasteiger partial charge is 0.505 e. The van der Waals surface area contributed by atoms with Crippen molar-refractivity contribution >= 4 is 11.7 Å². The van der Waals surface area contributed by atoms with E-state index in [2.05, 4.69) is 4.74 Å². The predicted octanol–water partition coefficient (Wildman–Crippen LogP) is 0.959. The second-order valence-corrected chi connectivity index (χ2v) is 2.72. The molecule has 0 saturated heterocycles. The monoisotopic (exact) mass is 222 g/mol. The summed E-state index contributed by atoms with van der Waals surface area (Å²) in [5.41, 5.74) is -1.41. The molecule has 1 aromatic carbocycles. The second kappa shape index (κ2) is 4.27. The third-order valence-corrected chi connectivity index (χ3v) is 1.87. The maximum absolute atomic E-state index is 11.1. The van der Waals surface area contributed by atoms with Gasteiger partial charge in [-0.1, -0.05) is 0 Å². The minimum Gasteiger partial charge on any atom is -0.505 e. The van der Waals surface area contributed by atoms with Crippen LogP contribution in [0.15, 0.2) is 12.1 Å². The van der Waals surface area contributed by atoms with Gasteiger partial charge in [-0.2, -0.15) is 5.26 Å². The van der Waals surface area contributed by atoms with Crippen molar-refractivity contribution in [3.63, 3.8) is 0 Å². The molecule has 1 N–H and O–H groups in total. The van der Waals surface area contributed by atoms with Gasteiger partial charge in [0.25, 0.3) is 5.69 Å². The number of nitriles is 1. The third-order valence-electron chi connectivity index (χ3n) is 1.87. The first kappa shape index (κ1) is 11.5. The Kier molecular flexibility index (Phi) is 3.06. The van der Waals surface area contributed by atoms with E-state index in [4.69, 9.17) is 5.26 Å². The Hall–Kier alpha value is -2.62. The van der Waals surface area contributed by atoms with Gasteiger partial charge >= 0.3 is 5.97 Å². The normalized spacial score (nSPS) is 9.25. The van der Waals surface area contributed by atoms with Crippen molar-refractivity contribution in [1.82, 2.24) is 0 Å². The predicted molar refractivity (Wildman–Crippen MR) is 50.8 cm³/mol. The van der Waals surface area contributed by atoms with Gasteiger partial charge in [0.2, 0.25) is 0 Å². The molecule has 82 valence electrons. The molecule has 1 rings (SSSR count). The van der Waals surface area contributed by atoms with E-state index >= 15 is 0 Å². The highest BCUT2D eigenvalue weighted by atomic mass is 16.6. The van der Waals surface area contributed by atoms with E-state index in [0.717, 1.165) is 19.2 Å². The number of carbonyl (C=O) groups excluding carboxylic acids is 1. The van der Waals surface area contributed by atoms with Gasteiger partial charge in [-0.15, -0.1) is 0 Å². The van der Waals surface area contributed by atoms with Crippen LogP contribution in [0.4, 0.5) is 5.69 Å². The molecule has 1 aromatic rings. The number of ether oxygens (including phenoxy) is 1. The fraction of sp³-hybridized carbons (Fsp3) is 0.111. The Bertz CT molecular complexity index is 503. The van der Waals surface area contributed by atoms with Gasteiger partial charge in [0.05, 0.1) is 12.0 Å².